The van der Waals surface area contributed by atoms with Gasteiger partial charge >= 0.3 is 12.4 Å². The molecule has 2 aromatic carbocycles. The van der Waals surface area contributed by atoms with Gasteiger partial charge in [-0.3, -0.25) is 4.98 Å². The summed E-state index contributed by atoms with van der Waals surface area (Å²) in [5.41, 5.74) is -1.69. The number of pyridine rings is 1. The maximum Gasteiger partial charge on any atom is 0.418 e. The van der Waals surface area contributed by atoms with Gasteiger partial charge in [0.2, 0.25) is 10.0 Å². The Labute approximate surface area is 173 Å². The molecule has 0 atom stereocenters. The van der Waals surface area contributed by atoms with Crippen molar-refractivity contribution in [2.24, 2.45) is 0 Å². The van der Waals surface area contributed by atoms with E-state index in [0.717, 1.165) is 18.2 Å². The highest BCUT2D eigenvalue weighted by atomic mass is 32.2. The summed E-state index contributed by atoms with van der Waals surface area (Å²) >= 11 is 0. The molecule has 0 saturated carbocycles. The van der Waals surface area contributed by atoms with Crippen molar-refractivity contribution in [3.63, 3.8) is 0 Å². The topological polar surface area (TPSA) is 59.1 Å². The molecule has 0 aliphatic heterocycles. The molecule has 4 nitrogen and oxygen atoms in total. The first-order valence-corrected chi connectivity index (χ1v) is 10.1. The van der Waals surface area contributed by atoms with E-state index < -0.39 is 38.4 Å². The third-order valence-electron chi connectivity index (χ3n) is 4.30. The van der Waals surface area contributed by atoms with Crippen LogP contribution in [0, 0.1) is 0 Å². The number of rotatable bonds is 5. The standard InChI is InChI=1S/C20H14F6N2O2S/c21-19(22,23)15-5-2-6-16(10-15)31(29,30)28-11-13-3-1-4-14(9-13)17-7-8-27-12-18(17)20(24,25)26/h1-10,12,28H,11H2. The Morgan fingerprint density at radius 3 is 2.26 bits per heavy atom. The molecule has 0 spiro atoms. The summed E-state index contributed by atoms with van der Waals surface area (Å²) in [6.07, 6.45) is -7.45. The number of hydrogen-bond donors (Lipinski definition) is 1. The van der Waals surface area contributed by atoms with Crippen molar-refractivity contribution in [3.8, 4) is 11.1 Å². The molecule has 0 saturated heterocycles. The number of nitrogens with one attached hydrogen (secondary N) is 1. The van der Waals surface area contributed by atoms with Gasteiger partial charge in [0.05, 0.1) is 16.0 Å². The molecule has 0 unspecified atom stereocenters. The number of halogens is 6. The van der Waals surface area contributed by atoms with Crippen molar-refractivity contribution in [2.45, 2.75) is 23.8 Å². The highest BCUT2D eigenvalue weighted by molar-refractivity contribution is 7.89. The summed E-state index contributed by atoms with van der Waals surface area (Å²) < 4.78 is 105. The van der Waals surface area contributed by atoms with Gasteiger partial charge in [0.25, 0.3) is 0 Å². The number of alkyl halides is 6. The normalized spacial score (nSPS) is 12.7. The fourth-order valence-corrected chi connectivity index (χ4v) is 3.89. The van der Waals surface area contributed by atoms with Gasteiger partial charge in [0.15, 0.2) is 0 Å². The first kappa shape index (κ1) is 22.8. The minimum atomic E-state index is -4.71. The third kappa shape index (κ3) is 5.42. The monoisotopic (exact) mass is 460 g/mol. The van der Waals surface area contributed by atoms with E-state index in [1.807, 2.05) is 0 Å². The summed E-state index contributed by atoms with van der Waals surface area (Å²) in [5, 5.41) is 0. The number of sulfonamides is 1. The van der Waals surface area contributed by atoms with Crippen LogP contribution in [0.3, 0.4) is 0 Å². The van der Waals surface area contributed by atoms with Crippen molar-refractivity contribution in [3.05, 3.63) is 83.7 Å². The van der Waals surface area contributed by atoms with Crippen LogP contribution in [0.1, 0.15) is 16.7 Å². The number of aromatic nitrogens is 1. The van der Waals surface area contributed by atoms with E-state index in [2.05, 4.69) is 9.71 Å². The van der Waals surface area contributed by atoms with Crippen molar-refractivity contribution in [1.29, 1.82) is 0 Å². The van der Waals surface area contributed by atoms with E-state index >= 15 is 0 Å². The van der Waals surface area contributed by atoms with Crippen LogP contribution in [0.5, 0.6) is 0 Å². The van der Waals surface area contributed by atoms with E-state index in [-0.39, 0.29) is 17.7 Å². The van der Waals surface area contributed by atoms with Crippen LogP contribution in [-0.2, 0) is 28.9 Å². The van der Waals surface area contributed by atoms with Gasteiger partial charge in [0.1, 0.15) is 0 Å². The molecule has 1 aromatic heterocycles. The fourth-order valence-electron chi connectivity index (χ4n) is 2.82. The van der Waals surface area contributed by atoms with Crippen LogP contribution in [0.2, 0.25) is 0 Å². The minimum absolute atomic E-state index is 0.134. The molecule has 3 aromatic rings. The Kier molecular flexibility index (Phi) is 6.10. The molecule has 0 bridgehead atoms. The average Bonchev–Trinajstić information content (AvgIpc) is 2.71. The fraction of sp³-hybridized carbons (Fsp3) is 0.150. The van der Waals surface area contributed by atoms with Crippen molar-refractivity contribution in [2.75, 3.05) is 0 Å². The molecule has 31 heavy (non-hydrogen) atoms. The molecule has 1 heterocycles. The van der Waals surface area contributed by atoms with E-state index in [9.17, 15) is 34.8 Å². The SMILES string of the molecule is O=S(=O)(NCc1cccc(-c2ccncc2C(F)(F)F)c1)c1cccc(C(F)(F)F)c1. The summed E-state index contributed by atoms with van der Waals surface area (Å²) in [4.78, 5) is 2.92. The Morgan fingerprint density at radius 1 is 0.871 bits per heavy atom. The average molecular weight is 460 g/mol. The van der Waals surface area contributed by atoms with E-state index in [0.29, 0.717) is 17.8 Å². The van der Waals surface area contributed by atoms with Gasteiger partial charge in [-0.1, -0.05) is 24.3 Å². The van der Waals surface area contributed by atoms with Gasteiger partial charge < -0.3 is 0 Å². The quantitative estimate of drug-likeness (QED) is 0.528. The minimum Gasteiger partial charge on any atom is -0.264 e. The predicted octanol–water partition coefficient (Wildman–Crippen LogP) is 5.26. The maximum absolute atomic E-state index is 13.2. The van der Waals surface area contributed by atoms with E-state index in [1.165, 1.54) is 36.5 Å². The highest BCUT2D eigenvalue weighted by Gasteiger charge is 2.34. The summed E-state index contributed by atoms with van der Waals surface area (Å²) in [7, 11) is -4.29. The second-order valence-corrected chi connectivity index (χ2v) is 8.24. The van der Waals surface area contributed by atoms with Crippen LogP contribution in [0.4, 0.5) is 26.3 Å². The molecule has 164 valence electrons. The zero-order chi connectivity index (χ0) is 22.9. The van der Waals surface area contributed by atoms with Gasteiger partial charge in [-0.15, -0.1) is 0 Å². The number of benzene rings is 2. The molecule has 0 aliphatic rings. The molecule has 0 fully saturated rings. The van der Waals surface area contributed by atoms with Gasteiger partial charge in [-0.2, -0.15) is 26.3 Å². The predicted molar refractivity (Wildman–Crippen MR) is 100 cm³/mol. The van der Waals surface area contributed by atoms with Gasteiger partial charge in [-0.05, 0) is 47.0 Å². The van der Waals surface area contributed by atoms with Crippen molar-refractivity contribution in [1.82, 2.24) is 9.71 Å². The Bertz CT molecular complexity index is 1190. The Morgan fingerprint density at radius 2 is 1.58 bits per heavy atom. The van der Waals surface area contributed by atoms with Crippen LogP contribution >= 0.6 is 0 Å². The van der Waals surface area contributed by atoms with Gasteiger partial charge in [-0.25, -0.2) is 13.1 Å². The Hall–Kier alpha value is -2.92. The number of nitrogens with zero attached hydrogens (tertiary/aromatic N) is 1. The summed E-state index contributed by atoms with van der Waals surface area (Å²) in [5.74, 6) is 0. The third-order valence-corrected chi connectivity index (χ3v) is 5.70. The number of hydrogen-bond acceptors (Lipinski definition) is 3. The first-order valence-electron chi connectivity index (χ1n) is 8.65. The van der Waals surface area contributed by atoms with Gasteiger partial charge in [0, 0.05) is 18.9 Å². The summed E-state index contributed by atoms with van der Waals surface area (Å²) in [6.45, 7) is -0.334. The van der Waals surface area contributed by atoms with Crippen LogP contribution < -0.4 is 4.72 Å². The van der Waals surface area contributed by atoms with Crippen LogP contribution in [-0.4, -0.2) is 13.4 Å². The molecule has 3 rings (SSSR count). The first-order chi connectivity index (χ1) is 14.4. The zero-order valence-corrected chi connectivity index (χ0v) is 16.3. The molecular weight excluding hydrogens is 446 g/mol. The molecular formula is C20H14F6N2O2S. The lowest BCUT2D eigenvalue weighted by Crippen LogP contribution is -2.23. The molecule has 1 N–H and O–H groups in total. The lowest BCUT2D eigenvalue weighted by atomic mass is 9.99. The Balaban J connectivity index is 1.85. The second-order valence-electron chi connectivity index (χ2n) is 6.47. The molecule has 11 heteroatoms. The highest BCUT2D eigenvalue weighted by Crippen LogP contribution is 2.36. The van der Waals surface area contributed by atoms with Crippen molar-refractivity contribution >= 4 is 10.0 Å². The lowest BCUT2D eigenvalue weighted by Gasteiger charge is -2.13. The summed E-state index contributed by atoms with van der Waals surface area (Å²) in [6, 6.07) is 10.1. The second kappa shape index (κ2) is 8.31. The zero-order valence-electron chi connectivity index (χ0n) is 15.5. The molecule has 0 radical (unpaired) electrons. The lowest BCUT2D eigenvalue weighted by molar-refractivity contribution is -0.138. The van der Waals surface area contributed by atoms with Crippen molar-refractivity contribution < 1.29 is 34.8 Å². The molecule has 0 amide bonds. The molecule has 0 aliphatic carbocycles. The van der Waals surface area contributed by atoms with E-state index in [1.54, 1.807) is 0 Å². The van der Waals surface area contributed by atoms with Crippen LogP contribution in [0.25, 0.3) is 11.1 Å². The maximum atomic E-state index is 13.2. The van der Waals surface area contributed by atoms with E-state index in [4.69, 9.17) is 0 Å². The smallest absolute Gasteiger partial charge is 0.264 e. The van der Waals surface area contributed by atoms with Crippen LogP contribution in [0.15, 0.2) is 71.9 Å². The largest absolute Gasteiger partial charge is 0.418 e.